The molecule has 2 N–H and O–H groups in total. The molecule has 1 aromatic carbocycles. The minimum absolute atomic E-state index is 0.0681. The van der Waals surface area contributed by atoms with Crippen LogP contribution in [0.15, 0.2) is 47.6 Å². The molecule has 5 nitrogen and oxygen atoms in total. The molecule has 1 aromatic heterocycles. The Hall–Kier alpha value is -1.92. The van der Waals surface area contributed by atoms with Crippen LogP contribution in [0.1, 0.15) is 20.8 Å². The Morgan fingerprint density at radius 1 is 1.05 bits per heavy atom. The minimum Gasteiger partial charge on any atom is -0.506 e. The number of rotatable bonds is 3. The van der Waals surface area contributed by atoms with Crippen molar-refractivity contribution in [1.29, 1.82) is 0 Å². The summed E-state index contributed by atoms with van der Waals surface area (Å²) in [6, 6.07) is 8.02. The second-order valence-corrected chi connectivity index (χ2v) is 7.49. The van der Waals surface area contributed by atoms with Crippen LogP contribution < -0.4 is 4.72 Å². The predicted molar refractivity (Wildman–Crippen MR) is 81.4 cm³/mol. The topological polar surface area (TPSA) is 79.3 Å². The third-order valence-corrected chi connectivity index (χ3v) is 4.44. The van der Waals surface area contributed by atoms with E-state index in [1.807, 2.05) is 0 Å². The number of benzene rings is 1. The van der Waals surface area contributed by atoms with Gasteiger partial charge in [0.25, 0.3) is 0 Å². The highest BCUT2D eigenvalue weighted by molar-refractivity contribution is 7.89. The van der Waals surface area contributed by atoms with Crippen LogP contribution in [0, 0.1) is 0 Å². The van der Waals surface area contributed by atoms with Gasteiger partial charge in [0.15, 0.2) is 0 Å². The SMILES string of the molecule is CC(C)(C)NS(=O)(=O)c1ccc(-c2cncc(O)c2)cc1. The van der Waals surface area contributed by atoms with Gasteiger partial charge in [0.05, 0.1) is 11.1 Å². The van der Waals surface area contributed by atoms with Gasteiger partial charge in [-0.25, -0.2) is 13.1 Å². The number of pyridine rings is 1. The molecular weight excluding hydrogens is 288 g/mol. The zero-order valence-corrected chi connectivity index (χ0v) is 13.0. The van der Waals surface area contributed by atoms with Crippen molar-refractivity contribution in [3.8, 4) is 16.9 Å². The molecule has 112 valence electrons. The fraction of sp³-hybridized carbons (Fsp3) is 0.267. The first-order chi connectivity index (χ1) is 9.67. The zero-order valence-electron chi connectivity index (χ0n) is 12.2. The number of hydrogen-bond acceptors (Lipinski definition) is 4. The van der Waals surface area contributed by atoms with Crippen molar-refractivity contribution in [3.05, 3.63) is 42.7 Å². The Labute approximate surface area is 124 Å². The summed E-state index contributed by atoms with van der Waals surface area (Å²) >= 11 is 0. The van der Waals surface area contributed by atoms with Crippen LogP contribution in [0.4, 0.5) is 0 Å². The van der Waals surface area contributed by atoms with Crippen LogP contribution in [-0.2, 0) is 10.0 Å². The first-order valence-electron chi connectivity index (χ1n) is 6.46. The number of sulfonamides is 1. The molecule has 2 rings (SSSR count). The number of aromatic nitrogens is 1. The molecule has 0 unspecified atom stereocenters. The number of nitrogens with zero attached hydrogens (tertiary/aromatic N) is 1. The minimum atomic E-state index is -3.54. The van der Waals surface area contributed by atoms with Crippen molar-refractivity contribution >= 4 is 10.0 Å². The summed E-state index contributed by atoms with van der Waals surface area (Å²) in [4.78, 5) is 4.10. The van der Waals surface area contributed by atoms with Crippen molar-refractivity contribution in [3.63, 3.8) is 0 Å². The smallest absolute Gasteiger partial charge is 0.241 e. The van der Waals surface area contributed by atoms with Gasteiger partial charge in [0.2, 0.25) is 10.0 Å². The van der Waals surface area contributed by atoms with E-state index in [9.17, 15) is 13.5 Å². The van der Waals surface area contributed by atoms with Gasteiger partial charge in [-0.2, -0.15) is 0 Å². The van der Waals surface area contributed by atoms with Crippen LogP contribution in [0.25, 0.3) is 11.1 Å². The van der Waals surface area contributed by atoms with Gasteiger partial charge in [0.1, 0.15) is 5.75 Å². The highest BCUT2D eigenvalue weighted by Gasteiger charge is 2.21. The van der Waals surface area contributed by atoms with E-state index in [4.69, 9.17) is 0 Å². The lowest BCUT2D eigenvalue weighted by Gasteiger charge is -2.20. The second-order valence-electron chi connectivity index (χ2n) is 5.81. The molecule has 21 heavy (non-hydrogen) atoms. The monoisotopic (exact) mass is 306 g/mol. The number of nitrogens with one attached hydrogen (secondary N) is 1. The molecule has 0 spiro atoms. The molecule has 0 aliphatic carbocycles. The van der Waals surface area contributed by atoms with E-state index in [-0.39, 0.29) is 10.6 Å². The van der Waals surface area contributed by atoms with Crippen LogP contribution in [0.5, 0.6) is 5.75 Å². The molecule has 0 amide bonds. The Morgan fingerprint density at radius 3 is 2.19 bits per heavy atom. The summed E-state index contributed by atoms with van der Waals surface area (Å²) in [5.74, 6) is 0.0681. The Balaban J connectivity index is 2.31. The molecule has 2 aromatic rings. The van der Waals surface area contributed by atoms with Gasteiger partial charge in [-0.1, -0.05) is 12.1 Å². The van der Waals surface area contributed by atoms with Crippen LogP contribution in [0.3, 0.4) is 0 Å². The van der Waals surface area contributed by atoms with Crippen molar-refractivity contribution in [2.24, 2.45) is 0 Å². The zero-order chi connectivity index (χ0) is 15.7. The molecule has 0 atom stereocenters. The quantitative estimate of drug-likeness (QED) is 0.913. The van der Waals surface area contributed by atoms with Gasteiger partial charge in [-0.3, -0.25) is 4.98 Å². The predicted octanol–water partition coefficient (Wildman–Crippen LogP) is 2.53. The van der Waals surface area contributed by atoms with E-state index < -0.39 is 15.6 Å². The summed E-state index contributed by atoms with van der Waals surface area (Å²) < 4.78 is 27.0. The average molecular weight is 306 g/mol. The van der Waals surface area contributed by atoms with Crippen LogP contribution >= 0.6 is 0 Å². The largest absolute Gasteiger partial charge is 0.506 e. The summed E-state index contributed by atoms with van der Waals surface area (Å²) in [5.41, 5.74) is 0.975. The molecule has 1 heterocycles. The maximum atomic E-state index is 12.2. The van der Waals surface area contributed by atoms with Crippen molar-refractivity contribution < 1.29 is 13.5 Å². The molecule has 0 bridgehead atoms. The van der Waals surface area contributed by atoms with Gasteiger partial charge < -0.3 is 5.11 Å². The molecule has 0 saturated carbocycles. The van der Waals surface area contributed by atoms with Gasteiger partial charge in [0, 0.05) is 17.3 Å². The first-order valence-corrected chi connectivity index (χ1v) is 7.94. The maximum Gasteiger partial charge on any atom is 0.241 e. The first kappa shape index (κ1) is 15.5. The normalized spacial score (nSPS) is 12.3. The van der Waals surface area contributed by atoms with E-state index in [2.05, 4.69) is 9.71 Å². The van der Waals surface area contributed by atoms with E-state index in [1.165, 1.54) is 18.3 Å². The van der Waals surface area contributed by atoms with Crippen LogP contribution in [0.2, 0.25) is 0 Å². The van der Waals surface area contributed by atoms with Gasteiger partial charge >= 0.3 is 0 Å². The molecule has 0 fully saturated rings. The third kappa shape index (κ3) is 4.03. The van der Waals surface area contributed by atoms with E-state index in [0.29, 0.717) is 0 Å². The summed E-state index contributed by atoms with van der Waals surface area (Å²) in [5, 5.41) is 9.42. The lowest BCUT2D eigenvalue weighted by Crippen LogP contribution is -2.40. The highest BCUT2D eigenvalue weighted by atomic mass is 32.2. The third-order valence-electron chi connectivity index (χ3n) is 2.66. The summed E-state index contributed by atoms with van der Waals surface area (Å²) in [6.07, 6.45) is 2.95. The van der Waals surface area contributed by atoms with Gasteiger partial charge in [-0.05, 0) is 44.5 Å². The Kier molecular flexibility index (Phi) is 4.02. The fourth-order valence-corrected chi connectivity index (χ4v) is 3.29. The average Bonchev–Trinajstić information content (AvgIpc) is 2.36. The summed E-state index contributed by atoms with van der Waals surface area (Å²) in [7, 11) is -3.54. The molecule has 0 aliphatic rings. The lowest BCUT2D eigenvalue weighted by molar-refractivity contribution is 0.473. The molecule has 0 aliphatic heterocycles. The summed E-state index contributed by atoms with van der Waals surface area (Å²) in [6.45, 7) is 5.37. The molecule has 6 heteroatoms. The van der Waals surface area contributed by atoms with Crippen LogP contribution in [-0.4, -0.2) is 24.0 Å². The molecule has 0 saturated heterocycles. The highest BCUT2D eigenvalue weighted by Crippen LogP contribution is 2.23. The standard InChI is InChI=1S/C15H18N2O3S/c1-15(2,3)17-21(19,20)14-6-4-11(5-7-14)12-8-13(18)10-16-9-12/h4-10,17-18H,1-3H3. The Bertz CT molecular complexity index is 732. The lowest BCUT2D eigenvalue weighted by atomic mass is 10.1. The molecule has 0 radical (unpaired) electrons. The Morgan fingerprint density at radius 2 is 1.67 bits per heavy atom. The van der Waals surface area contributed by atoms with Gasteiger partial charge in [-0.15, -0.1) is 0 Å². The van der Waals surface area contributed by atoms with Crippen molar-refractivity contribution in [2.75, 3.05) is 0 Å². The fourth-order valence-electron chi connectivity index (χ4n) is 1.87. The second kappa shape index (κ2) is 5.46. The number of hydrogen-bond donors (Lipinski definition) is 2. The van der Waals surface area contributed by atoms with Crippen molar-refractivity contribution in [1.82, 2.24) is 9.71 Å². The van der Waals surface area contributed by atoms with E-state index in [1.54, 1.807) is 45.2 Å². The maximum absolute atomic E-state index is 12.2. The van der Waals surface area contributed by atoms with E-state index >= 15 is 0 Å². The molecular formula is C15H18N2O3S. The number of aromatic hydroxyl groups is 1. The van der Waals surface area contributed by atoms with E-state index in [0.717, 1.165) is 11.1 Å². The van der Waals surface area contributed by atoms with Crippen molar-refractivity contribution in [2.45, 2.75) is 31.2 Å².